The number of benzene rings is 1. The van der Waals surface area contributed by atoms with E-state index in [0.717, 1.165) is 11.3 Å². The van der Waals surface area contributed by atoms with E-state index in [9.17, 15) is 5.11 Å². The third-order valence-corrected chi connectivity index (χ3v) is 3.17. The van der Waals surface area contributed by atoms with Crippen LogP contribution >= 0.6 is 0 Å². The average molecular weight is 252 g/mol. The largest absolute Gasteiger partial charge is 0.497 e. The second-order valence-corrected chi connectivity index (χ2v) is 4.81. The lowest BCUT2D eigenvalue weighted by atomic mass is 9.91. The highest BCUT2D eigenvalue weighted by Crippen LogP contribution is 2.41. The van der Waals surface area contributed by atoms with Gasteiger partial charge in [0, 0.05) is 24.7 Å². The van der Waals surface area contributed by atoms with Crippen molar-refractivity contribution < 1.29 is 19.3 Å². The zero-order valence-corrected chi connectivity index (χ0v) is 11.1. The molecule has 0 aliphatic carbocycles. The van der Waals surface area contributed by atoms with Crippen molar-refractivity contribution in [3.8, 4) is 11.5 Å². The minimum Gasteiger partial charge on any atom is -0.497 e. The molecule has 2 rings (SSSR count). The smallest absolute Gasteiger partial charge is 0.132 e. The molecule has 0 saturated heterocycles. The molecule has 18 heavy (non-hydrogen) atoms. The summed E-state index contributed by atoms with van der Waals surface area (Å²) in [6.45, 7) is 5.01. The molecule has 1 aromatic carbocycles. The van der Waals surface area contributed by atoms with Crippen LogP contribution in [0.2, 0.25) is 0 Å². The van der Waals surface area contributed by atoms with Gasteiger partial charge in [0.25, 0.3) is 0 Å². The first-order valence-electron chi connectivity index (χ1n) is 6.21. The van der Waals surface area contributed by atoms with Gasteiger partial charge in [-0.1, -0.05) is 0 Å². The van der Waals surface area contributed by atoms with Gasteiger partial charge in [0.1, 0.15) is 17.1 Å². The molecule has 1 aromatic rings. The van der Waals surface area contributed by atoms with Gasteiger partial charge in [0.2, 0.25) is 0 Å². The number of aliphatic hydroxyl groups is 1. The molecule has 0 aromatic heterocycles. The molecule has 4 nitrogen and oxygen atoms in total. The third kappa shape index (κ3) is 2.60. The Kier molecular flexibility index (Phi) is 3.78. The van der Waals surface area contributed by atoms with Crippen molar-refractivity contribution in [2.45, 2.75) is 32.0 Å². The van der Waals surface area contributed by atoms with Gasteiger partial charge in [-0.3, -0.25) is 0 Å². The number of methoxy groups -OCH3 is 1. The van der Waals surface area contributed by atoms with Gasteiger partial charge in [0.15, 0.2) is 0 Å². The maximum atomic E-state index is 10.2. The standard InChI is InChI=1S/C14H20O4/c1-4-17-9-14(2)8-12(15)11-6-5-10(16-3)7-13(11)18-14/h5-7,12,15H,4,8-9H2,1-3H3. The van der Waals surface area contributed by atoms with E-state index in [4.69, 9.17) is 14.2 Å². The predicted molar refractivity (Wildman–Crippen MR) is 68.1 cm³/mol. The van der Waals surface area contributed by atoms with E-state index in [1.54, 1.807) is 7.11 Å². The fourth-order valence-electron chi connectivity index (χ4n) is 2.24. The molecule has 1 aliphatic rings. The Morgan fingerprint density at radius 3 is 2.94 bits per heavy atom. The van der Waals surface area contributed by atoms with E-state index in [0.29, 0.717) is 25.4 Å². The summed E-state index contributed by atoms with van der Waals surface area (Å²) >= 11 is 0. The quantitative estimate of drug-likeness (QED) is 0.893. The van der Waals surface area contributed by atoms with Crippen LogP contribution in [0.5, 0.6) is 11.5 Å². The molecule has 0 amide bonds. The number of rotatable bonds is 4. The molecule has 0 fully saturated rings. The Morgan fingerprint density at radius 2 is 2.28 bits per heavy atom. The van der Waals surface area contributed by atoms with Crippen molar-refractivity contribution in [2.75, 3.05) is 20.3 Å². The van der Waals surface area contributed by atoms with Gasteiger partial charge in [-0.25, -0.2) is 0 Å². The van der Waals surface area contributed by atoms with Crippen LogP contribution < -0.4 is 9.47 Å². The molecular weight excluding hydrogens is 232 g/mol. The van der Waals surface area contributed by atoms with Crippen molar-refractivity contribution in [1.29, 1.82) is 0 Å². The Hall–Kier alpha value is -1.26. The van der Waals surface area contributed by atoms with Crippen LogP contribution in [0.3, 0.4) is 0 Å². The van der Waals surface area contributed by atoms with Crippen molar-refractivity contribution >= 4 is 0 Å². The molecule has 2 unspecified atom stereocenters. The van der Waals surface area contributed by atoms with Gasteiger partial charge < -0.3 is 19.3 Å². The fraction of sp³-hybridized carbons (Fsp3) is 0.571. The lowest BCUT2D eigenvalue weighted by Gasteiger charge is -2.38. The summed E-state index contributed by atoms with van der Waals surface area (Å²) in [5, 5.41) is 10.2. The number of hydrogen-bond acceptors (Lipinski definition) is 4. The Morgan fingerprint density at radius 1 is 1.50 bits per heavy atom. The monoisotopic (exact) mass is 252 g/mol. The zero-order chi connectivity index (χ0) is 13.2. The number of ether oxygens (including phenoxy) is 3. The molecule has 0 saturated carbocycles. The van der Waals surface area contributed by atoms with Crippen LogP contribution in [-0.4, -0.2) is 31.0 Å². The predicted octanol–water partition coefficient (Wildman–Crippen LogP) is 2.31. The van der Waals surface area contributed by atoms with E-state index < -0.39 is 11.7 Å². The second kappa shape index (κ2) is 5.16. The van der Waals surface area contributed by atoms with E-state index in [1.165, 1.54) is 0 Å². The Balaban J connectivity index is 2.25. The molecular formula is C14H20O4. The summed E-state index contributed by atoms with van der Waals surface area (Å²) in [6.07, 6.45) is 0.0110. The first-order chi connectivity index (χ1) is 8.58. The summed E-state index contributed by atoms with van der Waals surface area (Å²) < 4.78 is 16.6. The fourth-order valence-corrected chi connectivity index (χ4v) is 2.24. The second-order valence-electron chi connectivity index (χ2n) is 4.81. The van der Waals surface area contributed by atoms with Crippen LogP contribution in [0.15, 0.2) is 18.2 Å². The molecule has 0 spiro atoms. The van der Waals surface area contributed by atoms with Gasteiger partial charge >= 0.3 is 0 Å². The van der Waals surface area contributed by atoms with Crippen LogP contribution in [0.4, 0.5) is 0 Å². The number of hydrogen-bond donors (Lipinski definition) is 1. The molecule has 100 valence electrons. The Labute approximate surface area is 107 Å². The lowest BCUT2D eigenvalue weighted by Crippen LogP contribution is -2.42. The summed E-state index contributed by atoms with van der Waals surface area (Å²) in [5.74, 6) is 1.40. The molecule has 1 heterocycles. The molecule has 0 radical (unpaired) electrons. The normalized spacial score (nSPS) is 26.3. The van der Waals surface area contributed by atoms with Crippen LogP contribution in [-0.2, 0) is 4.74 Å². The van der Waals surface area contributed by atoms with Gasteiger partial charge in [0.05, 0.1) is 19.8 Å². The van der Waals surface area contributed by atoms with E-state index >= 15 is 0 Å². The van der Waals surface area contributed by atoms with E-state index in [-0.39, 0.29) is 0 Å². The van der Waals surface area contributed by atoms with E-state index in [2.05, 4.69) is 0 Å². The maximum absolute atomic E-state index is 10.2. The molecule has 1 N–H and O–H groups in total. The minimum atomic E-state index is -0.523. The van der Waals surface area contributed by atoms with Gasteiger partial charge in [-0.2, -0.15) is 0 Å². The maximum Gasteiger partial charge on any atom is 0.132 e. The molecule has 0 bridgehead atoms. The van der Waals surface area contributed by atoms with Crippen LogP contribution in [0, 0.1) is 0 Å². The first kappa shape index (κ1) is 13.2. The Bertz CT molecular complexity index is 418. The van der Waals surface area contributed by atoms with Gasteiger partial charge in [-0.15, -0.1) is 0 Å². The highest BCUT2D eigenvalue weighted by atomic mass is 16.5. The summed E-state index contributed by atoms with van der Waals surface area (Å²) in [7, 11) is 1.61. The summed E-state index contributed by atoms with van der Waals surface area (Å²) in [6, 6.07) is 5.48. The molecule has 1 aliphatic heterocycles. The van der Waals surface area contributed by atoms with Crippen molar-refractivity contribution in [3.63, 3.8) is 0 Å². The number of fused-ring (bicyclic) bond motifs is 1. The lowest BCUT2D eigenvalue weighted by molar-refractivity contribution is -0.0576. The minimum absolute atomic E-state index is 0.469. The summed E-state index contributed by atoms with van der Waals surface area (Å²) in [5.41, 5.74) is 0.319. The van der Waals surface area contributed by atoms with Crippen LogP contribution in [0.25, 0.3) is 0 Å². The zero-order valence-electron chi connectivity index (χ0n) is 11.1. The number of aliphatic hydroxyl groups excluding tert-OH is 1. The van der Waals surface area contributed by atoms with E-state index in [1.807, 2.05) is 32.0 Å². The van der Waals surface area contributed by atoms with Crippen molar-refractivity contribution in [2.24, 2.45) is 0 Å². The highest BCUT2D eigenvalue weighted by Gasteiger charge is 2.37. The summed E-state index contributed by atoms with van der Waals surface area (Å²) in [4.78, 5) is 0. The highest BCUT2D eigenvalue weighted by molar-refractivity contribution is 5.43. The molecule has 4 heteroatoms. The third-order valence-electron chi connectivity index (χ3n) is 3.17. The first-order valence-corrected chi connectivity index (χ1v) is 6.21. The topological polar surface area (TPSA) is 47.9 Å². The average Bonchev–Trinajstić information content (AvgIpc) is 2.35. The van der Waals surface area contributed by atoms with Gasteiger partial charge in [-0.05, 0) is 26.0 Å². The van der Waals surface area contributed by atoms with Crippen molar-refractivity contribution in [1.82, 2.24) is 0 Å². The van der Waals surface area contributed by atoms with Crippen LogP contribution in [0.1, 0.15) is 31.9 Å². The SMILES string of the molecule is CCOCC1(C)CC(O)c2ccc(OC)cc2O1. The molecule has 2 atom stereocenters. The van der Waals surface area contributed by atoms with Crippen molar-refractivity contribution in [3.05, 3.63) is 23.8 Å².